The SMILES string of the molecule is Cc1ccc(NC(=O)c2cc3c(cc2Br)OCCO3)c([N+](=O)[O-])c1. The van der Waals surface area contributed by atoms with Crippen molar-refractivity contribution in [3.05, 3.63) is 56.0 Å². The second-order valence-corrected chi connectivity index (χ2v) is 6.06. The number of aryl methyl sites for hydroxylation is 1. The number of hydrogen-bond donors (Lipinski definition) is 1. The zero-order valence-electron chi connectivity index (χ0n) is 12.7. The van der Waals surface area contributed by atoms with Crippen LogP contribution in [-0.4, -0.2) is 24.0 Å². The van der Waals surface area contributed by atoms with Crippen LogP contribution in [0.25, 0.3) is 0 Å². The van der Waals surface area contributed by atoms with Gasteiger partial charge in [-0.25, -0.2) is 0 Å². The van der Waals surface area contributed by atoms with Crippen molar-refractivity contribution < 1.29 is 19.2 Å². The van der Waals surface area contributed by atoms with Gasteiger partial charge in [-0.15, -0.1) is 0 Å². The molecule has 1 heterocycles. The molecule has 0 saturated carbocycles. The lowest BCUT2D eigenvalue weighted by atomic mass is 10.1. The van der Waals surface area contributed by atoms with E-state index in [0.29, 0.717) is 34.7 Å². The van der Waals surface area contributed by atoms with Gasteiger partial charge in [-0.2, -0.15) is 0 Å². The van der Waals surface area contributed by atoms with Gasteiger partial charge in [0.05, 0.1) is 10.5 Å². The fourth-order valence-electron chi connectivity index (χ4n) is 2.33. The Morgan fingerprint density at radius 1 is 1.21 bits per heavy atom. The summed E-state index contributed by atoms with van der Waals surface area (Å²) in [6.07, 6.45) is 0. The molecule has 24 heavy (non-hydrogen) atoms. The third-order valence-corrected chi connectivity index (χ3v) is 4.13. The first-order valence-electron chi connectivity index (χ1n) is 7.11. The molecule has 0 radical (unpaired) electrons. The largest absolute Gasteiger partial charge is 0.486 e. The highest BCUT2D eigenvalue weighted by Crippen LogP contribution is 2.36. The molecule has 124 valence electrons. The summed E-state index contributed by atoms with van der Waals surface area (Å²) in [7, 11) is 0. The van der Waals surface area contributed by atoms with Gasteiger partial charge < -0.3 is 14.8 Å². The number of nitrogens with one attached hydrogen (secondary N) is 1. The molecule has 0 fully saturated rings. The van der Waals surface area contributed by atoms with Gasteiger partial charge in [0.25, 0.3) is 11.6 Å². The summed E-state index contributed by atoms with van der Waals surface area (Å²) >= 11 is 3.32. The standard InChI is InChI=1S/C16H13BrN2O5/c1-9-2-3-12(13(6-9)19(21)22)18-16(20)10-7-14-15(8-11(10)17)24-5-4-23-14/h2-3,6-8H,4-5H2,1H3,(H,18,20). The lowest BCUT2D eigenvalue weighted by Gasteiger charge is -2.19. The van der Waals surface area contributed by atoms with Crippen LogP contribution in [0.15, 0.2) is 34.8 Å². The van der Waals surface area contributed by atoms with Crippen molar-refractivity contribution in [2.45, 2.75) is 6.92 Å². The maximum Gasteiger partial charge on any atom is 0.293 e. The number of fused-ring (bicyclic) bond motifs is 1. The predicted molar refractivity (Wildman–Crippen MR) is 90.9 cm³/mol. The van der Waals surface area contributed by atoms with E-state index in [1.54, 1.807) is 25.1 Å². The first-order chi connectivity index (χ1) is 11.5. The third-order valence-electron chi connectivity index (χ3n) is 3.47. The van der Waals surface area contributed by atoms with Crippen molar-refractivity contribution >= 4 is 33.2 Å². The topological polar surface area (TPSA) is 90.7 Å². The van der Waals surface area contributed by atoms with Crippen LogP contribution in [0.4, 0.5) is 11.4 Å². The van der Waals surface area contributed by atoms with Crippen molar-refractivity contribution in [3.8, 4) is 11.5 Å². The smallest absolute Gasteiger partial charge is 0.293 e. The van der Waals surface area contributed by atoms with Crippen LogP contribution < -0.4 is 14.8 Å². The van der Waals surface area contributed by atoms with E-state index in [-0.39, 0.29) is 11.4 Å². The molecule has 0 spiro atoms. The number of amides is 1. The fourth-order valence-corrected chi connectivity index (χ4v) is 2.83. The summed E-state index contributed by atoms with van der Waals surface area (Å²) in [5.41, 5.74) is 1.02. The Morgan fingerprint density at radius 3 is 2.54 bits per heavy atom. The van der Waals surface area contributed by atoms with Gasteiger partial charge in [-0.3, -0.25) is 14.9 Å². The number of hydrogen-bond acceptors (Lipinski definition) is 5. The minimum absolute atomic E-state index is 0.136. The molecule has 0 saturated heterocycles. The van der Waals surface area contributed by atoms with Crippen LogP contribution in [0.2, 0.25) is 0 Å². The highest BCUT2D eigenvalue weighted by atomic mass is 79.9. The van der Waals surface area contributed by atoms with Crippen LogP contribution >= 0.6 is 15.9 Å². The Balaban J connectivity index is 1.92. The highest BCUT2D eigenvalue weighted by Gasteiger charge is 2.21. The highest BCUT2D eigenvalue weighted by molar-refractivity contribution is 9.10. The van der Waals surface area contributed by atoms with Crippen molar-refractivity contribution in [2.75, 3.05) is 18.5 Å². The van der Waals surface area contributed by atoms with E-state index < -0.39 is 10.8 Å². The Bertz CT molecular complexity index is 837. The van der Waals surface area contributed by atoms with Gasteiger partial charge in [0.2, 0.25) is 0 Å². The average Bonchev–Trinajstić information content (AvgIpc) is 2.55. The molecule has 0 aromatic heterocycles. The maximum atomic E-state index is 12.5. The molecule has 1 aliphatic rings. The number of carbonyl (C=O) groups is 1. The zero-order chi connectivity index (χ0) is 17.3. The van der Waals surface area contributed by atoms with Gasteiger partial charge in [0, 0.05) is 10.5 Å². The summed E-state index contributed by atoms with van der Waals surface area (Å²) < 4.78 is 11.4. The van der Waals surface area contributed by atoms with Crippen molar-refractivity contribution in [1.82, 2.24) is 0 Å². The molecule has 3 rings (SSSR count). The molecule has 0 bridgehead atoms. The van der Waals surface area contributed by atoms with Crippen LogP contribution in [0, 0.1) is 17.0 Å². The molecule has 0 unspecified atom stereocenters. The van der Waals surface area contributed by atoms with Gasteiger partial charge in [-0.05, 0) is 46.6 Å². The summed E-state index contributed by atoms with van der Waals surface area (Å²) in [6, 6.07) is 7.81. The van der Waals surface area contributed by atoms with E-state index in [9.17, 15) is 14.9 Å². The van der Waals surface area contributed by atoms with Gasteiger partial charge in [0.15, 0.2) is 11.5 Å². The van der Waals surface area contributed by atoms with Crippen molar-refractivity contribution in [2.24, 2.45) is 0 Å². The average molecular weight is 393 g/mol. The van der Waals surface area contributed by atoms with E-state index in [1.807, 2.05) is 0 Å². The molecule has 2 aromatic rings. The first-order valence-corrected chi connectivity index (χ1v) is 7.90. The van der Waals surface area contributed by atoms with Crippen LogP contribution in [0.3, 0.4) is 0 Å². The van der Waals surface area contributed by atoms with Gasteiger partial charge >= 0.3 is 0 Å². The number of nitro benzene ring substituents is 1. The van der Waals surface area contributed by atoms with Crippen LogP contribution in [0.5, 0.6) is 11.5 Å². The summed E-state index contributed by atoms with van der Waals surface area (Å²) in [5.74, 6) is 0.532. The Hall–Kier alpha value is -2.61. The maximum absolute atomic E-state index is 12.5. The second kappa shape index (κ2) is 6.48. The van der Waals surface area contributed by atoms with E-state index >= 15 is 0 Å². The molecule has 1 aliphatic heterocycles. The molecule has 7 nitrogen and oxygen atoms in total. The van der Waals surface area contributed by atoms with Crippen LogP contribution in [0.1, 0.15) is 15.9 Å². The number of nitrogens with zero attached hydrogens (tertiary/aromatic N) is 1. The molecule has 0 atom stereocenters. The summed E-state index contributed by atoms with van der Waals surface area (Å²) in [4.78, 5) is 23.2. The normalized spacial score (nSPS) is 12.6. The minimum Gasteiger partial charge on any atom is -0.486 e. The Morgan fingerprint density at radius 2 is 1.88 bits per heavy atom. The fraction of sp³-hybridized carbons (Fsp3) is 0.188. The van der Waals surface area contributed by atoms with E-state index in [1.165, 1.54) is 12.1 Å². The Kier molecular flexibility index (Phi) is 4.39. The predicted octanol–water partition coefficient (Wildman–Crippen LogP) is 3.69. The number of halogens is 1. The van der Waals surface area contributed by atoms with E-state index in [2.05, 4.69) is 21.2 Å². The van der Waals surface area contributed by atoms with Gasteiger partial charge in [-0.1, -0.05) is 6.07 Å². The quantitative estimate of drug-likeness (QED) is 0.635. The molecule has 1 N–H and O–H groups in total. The molecule has 2 aromatic carbocycles. The second-order valence-electron chi connectivity index (χ2n) is 5.21. The van der Waals surface area contributed by atoms with Crippen molar-refractivity contribution in [1.29, 1.82) is 0 Å². The number of anilines is 1. The summed E-state index contributed by atoms with van der Waals surface area (Å²) in [6.45, 7) is 2.59. The van der Waals surface area contributed by atoms with Crippen molar-refractivity contribution in [3.63, 3.8) is 0 Å². The minimum atomic E-state index is -0.526. The summed E-state index contributed by atoms with van der Waals surface area (Å²) in [5, 5.41) is 13.7. The molecule has 8 heteroatoms. The number of ether oxygens (including phenoxy) is 2. The molecule has 1 amide bonds. The number of nitro groups is 1. The Labute approximate surface area is 145 Å². The number of rotatable bonds is 3. The molecular weight excluding hydrogens is 380 g/mol. The lowest BCUT2D eigenvalue weighted by Crippen LogP contribution is -2.18. The van der Waals surface area contributed by atoms with E-state index in [0.717, 1.165) is 5.56 Å². The number of benzene rings is 2. The number of carbonyl (C=O) groups excluding carboxylic acids is 1. The first kappa shape index (κ1) is 16.3. The molecular formula is C16H13BrN2O5. The third kappa shape index (κ3) is 3.18. The monoisotopic (exact) mass is 392 g/mol. The lowest BCUT2D eigenvalue weighted by molar-refractivity contribution is -0.384. The molecule has 0 aliphatic carbocycles. The van der Waals surface area contributed by atoms with Crippen LogP contribution in [-0.2, 0) is 0 Å². The zero-order valence-corrected chi connectivity index (χ0v) is 14.3. The van der Waals surface area contributed by atoms with Gasteiger partial charge in [0.1, 0.15) is 18.9 Å². The van der Waals surface area contributed by atoms with E-state index in [4.69, 9.17) is 9.47 Å².